The van der Waals surface area contributed by atoms with Crippen LogP contribution in [0.2, 0.25) is 0 Å². The number of carbonyl (C=O) groups excluding carboxylic acids is 1. The first-order chi connectivity index (χ1) is 13.1. The number of thiocarbonyl (C=S) groups is 1. The van der Waals surface area contributed by atoms with Crippen molar-refractivity contribution in [3.63, 3.8) is 0 Å². The van der Waals surface area contributed by atoms with Gasteiger partial charge in [-0.3, -0.25) is 4.79 Å². The summed E-state index contributed by atoms with van der Waals surface area (Å²) >= 11 is 7.40. The first kappa shape index (κ1) is 19.8. The number of hydrogen-bond acceptors (Lipinski definition) is 3. The lowest BCUT2D eigenvalue weighted by atomic mass is 10.1. The van der Waals surface area contributed by atoms with Crippen LogP contribution in [0.4, 0.5) is 0 Å². The Hall–Kier alpha value is -1.92. The number of hydrogen-bond donors (Lipinski definition) is 2. The molecule has 1 heterocycles. The normalized spacial score (nSPS) is 15.3. The van der Waals surface area contributed by atoms with E-state index >= 15 is 0 Å². The molecule has 0 saturated heterocycles. The van der Waals surface area contributed by atoms with Crippen molar-refractivity contribution in [3.05, 3.63) is 58.3 Å². The third-order valence-electron chi connectivity index (χ3n) is 5.01. The van der Waals surface area contributed by atoms with Gasteiger partial charge in [0, 0.05) is 10.9 Å². The molecule has 3 rings (SSSR count). The van der Waals surface area contributed by atoms with Gasteiger partial charge in [-0.05, 0) is 49.0 Å². The summed E-state index contributed by atoms with van der Waals surface area (Å²) in [5.74, 6) is -0.0452. The maximum absolute atomic E-state index is 12.3. The number of nitrogens with zero attached hydrogens (tertiary/aromatic N) is 1. The van der Waals surface area contributed by atoms with Crippen LogP contribution in [0.1, 0.15) is 49.1 Å². The summed E-state index contributed by atoms with van der Waals surface area (Å²) in [5.41, 5.74) is 1.10. The summed E-state index contributed by atoms with van der Waals surface area (Å²) in [6, 6.07) is 14.6. The lowest BCUT2D eigenvalue weighted by molar-refractivity contribution is -0.120. The predicted octanol–water partition coefficient (Wildman–Crippen LogP) is 4.24. The topological polar surface area (TPSA) is 44.4 Å². The summed E-state index contributed by atoms with van der Waals surface area (Å²) in [5, 5.41) is 8.98. The smallest absolute Gasteiger partial charge is 0.239 e. The molecule has 2 N–H and O–H groups in total. The molecule has 144 valence electrons. The lowest BCUT2D eigenvalue weighted by Gasteiger charge is -2.31. The van der Waals surface area contributed by atoms with Gasteiger partial charge in [0.1, 0.15) is 0 Å². The van der Waals surface area contributed by atoms with E-state index in [1.165, 1.54) is 30.6 Å². The van der Waals surface area contributed by atoms with Gasteiger partial charge in [0.15, 0.2) is 5.11 Å². The second-order valence-corrected chi connectivity index (χ2v) is 8.42. The van der Waals surface area contributed by atoms with E-state index < -0.39 is 0 Å². The molecule has 1 aliphatic rings. The largest absolute Gasteiger partial charge is 0.353 e. The monoisotopic (exact) mass is 401 g/mol. The van der Waals surface area contributed by atoms with Gasteiger partial charge >= 0.3 is 0 Å². The van der Waals surface area contributed by atoms with Crippen LogP contribution in [0, 0.1) is 0 Å². The molecule has 1 aliphatic carbocycles. The van der Waals surface area contributed by atoms with Crippen molar-refractivity contribution in [2.75, 3.05) is 6.54 Å². The van der Waals surface area contributed by atoms with E-state index in [0.29, 0.717) is 11.2 Å². The molecule has 0 unspecified atom stereocenters. The van der Waals surface area contributed by atoms with Crippen molar-refractivity contribution in [2.45, 2.75) is 51.2 Å². The minimum absolute atomic E-state index is 0.0221. The van der Waals surface area contributed by atoms with Crippen LogP contribution < -0.4 is 10.6 Å². The molecule has 0 spiro atoms. The Balaban J connectivity index is 1.52. The number of carbonyl (C=O) groups is 1. The average molecular weight is 402 g/mol. The van der Waals surface area contributed by atoms with E-state index in [1.807, 2.05) is 37.3 Å². The van der Waals surface area contributed by atoms with Crippen LogP contribution in [0.15, 0.2) is 47.8 Å². The zero-order valence-electron chi connectivity index (χ0n) is 15.7. The highest BCUT2D eigenvalue weighted by atomic mass is 32.1. The Kier molecular flexibility index (Phi) is 7.24. The molecule has 1 atom stereocenters. The first-order valence-corrected chi connectivity index (χ1v) is 10.8. The zero-order chi connectivity index (χ0) is 19.1. The maximum atomic E-state index is 12.3. The Morgan fingerprint density at radius 2 is 1.96 bits per heavy atom. The molecule has 1 aromatic heterocycles. The average Bonchev–Trinajstić information content (AvgIpc) is 3.38. The van der Waals surface area contributed by atoms with Crippen LogP contribution in [-0.4, -0.2) is 28.5 Å². The fraction of sp³-hybridized carbons (Fsp3) is 0.429. The molecule has 1 aromatic carbocycles. The summed E-state index contributed by atoms with van der Waals surface area (Å²) in [4.78, 5) is 15.9. The molecule has 1 amide bonds. The fourth-order valence-corrected chi connectivity index (χ4v) is 4.52. The Bertz CT molecular complexity index is 727. The molecule has 4 nitrogen and oxygen atoms in total. The number of nitrogens with one attached hydrogen (secondary N) is 2. The third kappa shape index (κ3) is 5.78. The van der Waals surface area contributed by atoms with Gasteiger partial charge in [0.2, 0.25) is 5.91 Å². The van der Waals surface area contributed by atoms with Gasteiger partial charge in [0.05, 0.1) is 19.1 Å². The molecule has 6 heteroatoms. The summed E-state index contributed by atoms with van der Waals surface area (Å²) in [6.45, 7) is 3.01. The van der Waals surface area contributed by atoms with Crippen molar-refractivity contribution in [2.24, 2.45) is 0 Å². The summed E-state index contributed by atoms with van der Waals surface area (Å²) in [7, 11) is 0. The van der Waals surface area contributed by atoms with Gasteiger partial charge in [-0.15, -0.1) is 11.3 Å². The van der Waals surface area contributed by atoms with E-state index in [9.17, 15) is 4.79 Å². The molecule has 0 aliphatic heterocycles. The Morgan fingerprint density at radius 1 is 1.22 bits per heavy atom. The third-order valence-corrected chi connectivity index (χ3v) is 6.25. The SMILES string of the molecule is C[C@H](NC(=O)CNC(=S)N(Cc1cccs1)C1CCCC1)c1ccccc1. The van der Waals surface area contributed by atoms with Crippen molar-refractivity contribution in [1.82, 2.24) is 15.5 Å². The maximum Gasteiger partial charge on any atom is 0.239 e. The van der Waals surface area contributed by atoms with Crippen molar-refractivity contribution < 1.29 is 4.79 Å². The van der Waals surface area contributed by atoms with E-state index in [4.69, 9.17) is 12.2 Å². The van der Waals surface area contributed by atoms with Crippen LogP contribution in [0.5, 0.6) is 0 Å². The van der Waals surface area contributed by atoms with Crippen LogP contribution in [0.25, 0.3) is 0 Å². The Labute approximate surface area is 171 Å². The summed E-state index contributed by atoms with van der Waals surface area (Å²) < 4.78 is 0. The van der Waals surface area contributed by atoms with Gasteiger partial charge in [-0.25, -0.2) is 0 Å². The highest BCUT2D eigenvalue weighted by Gasteiger charge is 2.25. The molecule has 1 saturated carbocycles. The molecule has 2 aromatic rings. The molecule has 27 heavy (non-hydrogen) atoms. The number of rotatable bonds is 7. The quantitative estimate of drug-likeness (QED) is 0.681. The first-order valence-electron chi connectivity index (χ1n) is 9.54. The van der Waals surface area contributed by atoms with Crippen molar-refractivity contribution >= 4 is 34.6 Å². The number of amides is 1. The number of thiophene rings is 1. The van der Waals surface area contributed by atoms with Gasteiger partial charge in [0.25, 0.3) is 0 Å². The second-order valence-electron chi connectivity index (χ2n) is 7.00. The molecular formula is C21H27N3OS2. The van der Waals surface area contributed by atoms with Gasteiger partial charge in [-0.1, -0.05) is 49.2 Å². The zero-order valence-corrected chi connectivity index (χ0v) is 17.3. The predicted molar refractivity (Wildman–Crippen MR) is 116 cm³/mol. The van der Waals surface area contributed by atoms with Crippen LogP contribution in [-0.2, 0) is 11.3 Å². The van der Waals surface area contributed by atoms with E-state index in [1.54, 1.807) is 11.3 Å². The molecule has 0 bridgehead atoms. The van der Waals surface area contributed by atoms with Gasteiger partial charge < -0.3 is 15.5 Å². The molecule has 0 radical (unpaired) electrons. The van der Waals surface area contributed by atoms with E-state index in [-0.39, 0.29) is 18.5 Å². The molecular weight excluding hydrogens is 374 g/mol. The minimum Gasteiger partial charge on any atom is -0.353 e. The van der Waals surface area contributed by atoms with Crippen molar-refractivity contribution in [3.8, 4) is 0 Å². The lowest BCUT2D eigenvalue weighted by Crippen LogP contribution is -2.47. The van der Waals surface area contributed by atoms with E-state index in [2.05, 4.69) is 33.0 Å². The highest BCUT2D eigenvalue weighted by molar-refractivity contribution is 7.80. The van der Waals surface area contributed by atoms with Crippen LogP contribution in [0.3, 0.4) is 0 Å². The Morgan fingerprint density at radius 3 is 2.63 bits per heavy atom. The van der Waals surface area contributed by atoms with E-state index in [0.717, 1.165) is 12.1 Å². The second kappa shape index (κ2) is 9.85. The van der Waals surface area contributed by atoms with Gasteiger partial charge in [-0.2, -0.15) is 0 Å². The molecule has 1 fully saturated rings. The minimum atomic E-state index is -0.0452. The van der Waals surface area contributed by atoms with Crippen molar-refractivity contribution in [1.29, 1.82) is 0 Å². The fourth-order valence-electron chi connectivity index (χ4n) is 3.53. The number of benzene rings is 1. The summed E-state index contributed by atoms with van der Waals surface area (Å²) in [6.07, 6.45) is 4.85. The standard InChI is InChI=1S/C21H27N3OS2/c1-16(17-8-3-2-4-9-17)23-20(25)14-22-21(26)24(18-10-5-6-11-18)15-19-12-7-13-27-19/h2-4,7-9,12-13,16,18H,5-6,10-11,14-15H2,1H3,(H,22,26)(H,23,25)/t16-/m0/s1. The highest BCUT2D eigenvalue weighted by Crippen LogP contribution is 2.26. The van der Waals surface area contributed by atoms with Crippen LogP contribution >= 0.6 is 23.6 Å².